The average Bonchev–Trinajstić information content (AvgIpc) is 3.24. The molecule has 0 unspecified atom stereocenters. The van der Waals surface area contributed by atoms with Gasteiger partial charge in [-0.15, -0.1) is 0 Å². The molecule has 0 saturated carbocycles. The summed E-state index contributed by atoms with van der Waals surface area (Å²) in [5.74, 6) is -3.05. The fraction of sp³-hybridized carbons (Fsp3) is 0.412. The van der Waals surface area contributed by atoms with Gasteiger partial charge in [0.25, 0.3) is 23.6 Å². The van der Waals surface area contributed by atoms with Gasteiger partial charge < -0.3 is 36.6 Å². The number of ether oxygens (including phenoxy) is 1. The summed E-state index contributed by atoms with van der Waals surface area (Å²) < 4.78 is 4.61. The van der Waals surface area contributed by atoms with Crippen LogP contribution >= 0.6 is 0 Å². The summed E-state index contributed by atoms with van der Waals surface area (Å²) in [6.07, 6.45) is 4.46. The molecule has 0 spiro atoms. The molecule has 0 saturated heterocycles. The predicted octanol–water partition coefficient (Wildman–Crippen LogP) is 5.90. The first kappa shape index (κ1) is 53.6. The number of carboxylic acid groups (broad SMARTS) is 1. The molecule has 0 heterocycles. The van der Waals surface area contributed by atoms with E-state index in [1.165, 1.54) is 48.4 Å². The molecule has 2 aliphatic carbocycles. The van der Waals surface area contributed by atoms with Gasteiger partial charge in [0, 0.05) is 33.6 Å². The molecule has 0 bridgehead atoms. The van der Waals surface area contributed by atoms with Crippen molar-refractivity contribution in [3.63, 3.8) is 0 Å². The van der Waals surface area contributed by atoms with Crippen LogP contribution in [0.4, 0.5) is 11.4 Å². The first-order valence-corrected chi connectivity index (χ1v) is 21.4. The Bertz CT molecular complexity index is 2410. The van der Waals surface area contributed by atoms with Crippen molar-refractivity contribution in [3.05, 3.63) is 129 Å². The van der Waals surface area contributed by atoms with Gasteiger partial charge in [-0.3, -0.25) is 24.0 Å². The normalized spacial score (nSPS) is 16.5. The summed E-state index contributed by atoms with van der Waals surface area (Å²) in [4.78, 5) is 72.3. The number of anilines is 2. The van der Waals surface area contributed by atoms with Crippen LogP contribution in [-0.4, -0.2) is 65.3 Å². The van der Waals surface area contributed by atoms with E-state index in [2.05, 4.69) is 106 Å². The molecule has 342 valence electrons. The van der Waals surface area contributed by atoms with Crippen LogP contribution < -0.4 is 40.1 Å². The van der Waals surface area contributed by atoms with Crippen LogP contribution in [0.3, 0.4) is 0 Å². The zero-order valence-corrected chi connectivity index (χ0v) is 39.8. The summed E-state index contributed by atoms with van der Waals surface area (Å²) in [5.41, 5.74) is 8.56. The second-order valence-corrected chi connectivity index (χ2v) is 19.4. The van der Waals surface area contributed by atoms with Crippen molar-refractivity contribution < 1.29 is 62.9 Å². The Hall–Kier alpha value is -5.74. The van der Waals surface area contributed by atoms with Gasteiger partial charge in [-0.25, -0.2) is 4.79 Å². The van der Waals surface area contributed by atoms with E-state index in [0.29, 0.717) is 22.3 Å². The van der Waals surface area contributed by atoms with Gasteiger partial charge in [0.1, 0.15) is 12.1 Å². The fourth-order valence-corrected chi connectivity index (χ4v) is 8.14. The third kappa shape index (κ3) is 12.7. The van der Waals surface area contributed by atoms with Crippen molar-refractivity contribution in [3.8, 4) is 0 Å². The summed E-state index contributed by atoms with van der Waals surface area (Å²) in [5, 5.41) is 19.8. The third-order valence-corrected chi connectivity index (χ3v) is 12.7. The van der Waals surface area contributed by atoms with E-state index in [1.54, 1.807) is 43.3 Å². The van der Waals surface area contributed by atoms with E-state index in [4.69, 9.17) is 5.11 Å². The van der Waals surface area contributed by atoms with Crippen LogP contribution in [0, 0.1) is 0 Å². The molecule has 2 aliphatic rings. The fourth-order valence-electron chi connectivity index (χ4n) is 8.14. The number of carbonyl (C=O) groups excluding carboxylic acids is 5. The molecule has 4 aromatic rings. The number of hydrogen-bond acceptors (Lipinski definition) is 8. The molecule has 65 heavy (non-hydrogen) atoms. The van der Waals surface area contributed by atoms with Gasteiger partial charge in [-0.2, -0.15) is 0 Å². The Balaban J connectivity index is 0.000000335. The maximum Gasteiger partial charge on any atom is 1.00 e. The van der Waals surface area contributed by atoms with Crippen molar-refractivity contribution in [2.24, 2.45) is 0 Å². The minimum Gasteiger partial charge on any atom is -0.870 e. The van der Waals surface area contributed by atoms with Crippen molar-refractivity contribution in [1.82, 2.24) is 10.6 Å². The number of benzene rings is 4. The monoisotopic (exact) mass is 882 g/mol. The van der Waals surface area contributed by atoms with E-state index < -0.39 is 35.8 Å². The van der Waals surface area contributed by atoms with Gasteiger partial charge in [0.05, 0.1) is 7.11 Å². The van der Waals surface area contributed by atoms with Crippen molar-refractivity contribution in [1.29, 1.82) is 0 Å². The number of hydrogen-bond donors (Lipinski definition) is 5. The molecule has 4 amide bonds. The van der Waals surface area contributed by atoms with E-state index in [9.17, 15) is 28.8 Å². The Morgan fingerprint density at radius 2 is 0.785 bits per heavy atom. The quantitative estimate of drug-likeness (QED) is 0.0948. The summed E-state index contributed by atoms with van der Waals surface area (Å²) in [7, 11) is 1.27. The Morgan fingerprint density at radius 3 is 1.09 bits per heavy atom. The number of rotatable bonds is 10. The molecule has 14 heteroatoms. The summed E-state index contributed by atoms with van der Waals surface area (Å²) >= 11 is 0. The van der Waals surface area contributed by atoms with E-state index in [-0.39, 0.29) is 57.8 Å². The topological polar surface area (TPSA) is 210 Å². The molecule has 13 nitrogen and oxygen atoms in total. The SMILES string of the molecule is COC(=O)[C@H](C)NC(=O)c1ccc(C(=O)Nc2ccc3c(c2)C(C)(C)CCC3(C)C)cc1.C[C@H](NC(=O)c1ccc(C(=O)Nc2ccc3c(c2)C(C)(C)CCC3(C)C)cc1)C(=O)O.[Li+].[OH-]. The smallest absolute Gasteiger partial charge is 0.870 e. The minimum absolute atomic E-state index is 0. The largest absolute Gasteiger partial charge is 1.00 e. The summed E-state index contributed by atoms with van der Waals surface area (Å²) in [6, 6.07) is 23.0. The zero-order valence-electron chi connectivity index (χ0n) is 39.8. The van der Waals surface area contributed by atoms with Crippen LogP contribution in [0.5, 0.6) is 0 Å². The van der Waals surface area contributed by atoms with Crippen molar-refractivity contribution in [2.75, 3.05) is 17.7 Å². The van der Waals surface area contributed by atoms with E-state index >= 15 is 0 Å². The maximum absolute atomic E-state index is 12.8. The number of nitrogens with one attached hydrogen (secondary N) is 4. The van der Waals surface area contributed by atoms with Crippen LogP contribution in [0.25, 0.3) is 0 Å². The second-order valence-electron chi connectivity index (χ2n) is 19.4. The molecule has 6 rings (SSSR count). The van der Waals surface area contributed by atoms with Gasteiger partial charge in [-0.1, -0.05) is 67.5 Å². The zero-order chi connectivity index (χ0) is 46.7. The Kier molecular flexibility index (Phi) is 17.4. The molecule has 0 fully saturated rings. The second kappa shape index (κ2) is 21.0. The number of carbonyl (C=O) groups is 6. The standard InChI is InChI=1S/C26H32N2O4.C25H30N2O4.Li.H2O/c1-16(24(31)32-6)27-22(29)17-7-9-18(10-8-17)23(30)28-19-11-12-20-21(15-19)26(4,5)14-13-25(20,2)3;1-15(23(30)31)26-21(28)16-6-8-17(9-7-16)22(29)27-18-10-11-19-20(14-18)25(4,5)13-12-24(19,2)3;;/h7-12,15-16H,13-14H2,1-6H3,(H,27,29)(H,28,30);6-11,14-15H,12-13H2,1-5H3,(H,26,28)(H,27,29)(H,30,31);;1H2/q;;+1;/p-1/t16-;15-;;/m00../s1. The van der Waals surface area contributed by atoms with Gasteiger partial charge in [-0.05, 0) is 156 Å². The number of esters is 1. The number of methoxy groups -OCH3 is 1. The van der Waals surface area contributed by atoms with Crippen molar-refractivity contribution >= 4 is 46.9 Å². The minimum atomic E-state index is -1.11. The number of amides is 4. The molecular formula is C51H63LiN4O9. The Labute approximate surface area is 394 Å². The van der Waals surface area contributed by atoms with E-state index in [0.717, 1.165) is 37.1 Å². The molecule has 0 radical (unpaired) electrons. The molecule has 4 aromatic carbocycles. The number of aliphatic carboxylic acids is 1. The number of carboxylic acids is 1. The molecule has 2 atom stereocenters. The van der Waals surface area contributed by atoms with Crippen LogP contribution in [0.2, 0.25) is 0 Å². The van der Waals surface area contributed by atoms with Crippen molar-refractivity contribution in [2.45, 2.75) is 129 Å². The van der Waals surface area contributed by atoms with Crippen LogP contribution in [-0.2, 0) is 36.0 Å². The summed E-state index contributed by atoms with van der Waals surface area (Å²) in [6.45, 7) is 21.0. The first-order chi connectivity index (χ1) is 29.3. The van der Waals surface area contributed by atoms with Gasteiger partial charge >= 0.3 is 30.8 Å². The van der Waals surface area contributed by atoms with Crippen LogP contribution in [0.1, 0.15) is 159 Å². The average molecular weight is 883 g/mol. The molecule has 0 aromatic heterocycles. The van der Waals surface area contributed by atoms with Gasteiger partial charge in [0.15, 0.2) is 0 Å². The van der Waals surface area contributed by atoms with E-state index in [1.807, 2.05) is 12.1 Å². The maximum atomic E-state index is 12.8. The first-order valence-electron chi connectivity index (χ1n) is 21.4. The molecule has 6 N–H and O–H groups in total. The third-order valence-electron chi connectivity index (χ3n) is 12.7. The predicted molar refractivity (Wildman–Crippen MR) is 248 cm³/mol. The Morgan fingerprint density at radius 1 is 0.492 bits per heavy atom. The van der Waals surface area contributed by atoms with Crippen LogP contribution in [0.15, 0.2) is 84.9 Å². The molecular weight excluding hydrogens is 820 g/mol. The van der Waals surface area contributed by atoms with Gasteiger partial charge in [0.2, 0.25) is 0 Å². The molecule has 0 aliphatic heterocycles. The number of fused-ring (bicyclic) bond motifs is 2.